The van der Waals surface area contributed by atoms with Crippen LogP contribution in [0.3, 0.4) is 0 Å². The lowest BCUT2D eigenvalue weighted by molar-refractivity contribution is -0.113. The molecule has 4 rings (SSSR count). The van der Waals surface area contributed by atoms with Gasteiger partial charge in [-0.25, -0.2) is 0 Å². The van der Waals surface area contributed by atoms with Crippen LogP contribution in [0.25, 0.3) is 6.08 Å². The monoisotopic (exact) mass is 369 g/mol. The van der Waals surface area contributed by atoms with Gasteiger partial charge in [-0.05, 0) is 54.8 Å². The summed E-state index contributed by atoms with van der Waals surface area (Å²) in [7, 11) is 0. The number of aryl methyl sites for hydroxylation is 1. The van der Waals surface area contributed by atoms with E-state index >= 15 is 0 Å². The Morgan fingerprint density at radius 3 is 2.80 bits per heavy atom. The largest absolute Gasteiger partial charge is 0.454 e. The molecule has 0 aromatic heterocycles. The van der Waals surface area contributed by atoms with Crippen molar-refractivity contribution in [1.82, 2.24) is 0 Å². The van der Waals surface area contributed by atoms with Gasteiger partial charge in [0.1, 0.15) is 0 Å². The van der Waals surface area contributed by atoms with Crippen LogP contribution >= 0.6 is 24.0 Å². The molecule has 6 heteroatoms. The Kier molecular flexibility index (Phi) is 4.01. The Balaban J connectivity index is 1.68. The molecule has 0 radical (unpaired) electrons. The molecule has 0 unspecified atom stereocenters. The zero-order valence-electron chi connectivity index (χ0n) is 13.7. The Hall–Kier alpha value is -2.31. The first-order valence-corrected chi connectivity index (χ1v) is 9.01. The van der Waals surface area contributed by atoms with Crippen molar-refractivity contribution in [2.24, 2.45) is 0 Å². The van der Waals surface area contributed by atoms with E-state index in [1.54, 1.807) is 4.90 Å². The van der Waals surface area contributed by atoms with E-state index in [0.717, 1.165) is 28.1 Å². The fraction of sp³-hybridized carbons (Fsp3) is 0.158. The average Bonchev–Trinajstić information content (AvgIpc) is 3.15. The molecule has 126 valence electrons. The molecule has 1 fully saturated rings. The second kappa shape index (κ2) is 6.20. The third-order valence-corrected chi connectivity index (χ3v) is 5.61. The molecular weight excluding hydrogens is 354 g/mol. The minimum atomic E-state index is -0.0960. The van der Waals surface area contributed by atoms with E-state index in [2.05, 4.69) is 0 Å². The Bertz CT molecular complexity index is 936. The Morgan fingerprint density at radius 1 is 1.16 bits per heavy atom. The molecule has 1 amide bonds. The molecule has 0 N–H and O–H groups in total. The third-order valence-electron chi connectivity index (χ3n) is 4.31. The number of rotatable bonds is 2. The second-order valence-electron chi connectivity index (χ2n) is 5.85. The summed E-state index contributed by atoms with van der Waals surface area (Å²) in [5.41, 5.74) is 3.91. The predicted molar refractivity (Wildman–Crippen MR) is 104 cm³/mol. The second-order valence-corrected chi connectivity index (χ2v) is 7.52. The standard InChI is InChI=1S/C19H15NO3S2/c1-11-4-3-5-14(12(11)2)20-18(21)17(25-19(20)24)9-13-6-7-15-16(8-13)23-10-22-15/h3-9H,10H2,1-2H3. The van der Waals surface area contributed by atoms with E-state index in [-0.39, 0.29) is 12.7 Å². The first-order valence-electron chi connectivity index (χ1n) is 7.78. The van der Waals surface area contributed by atoms with Crippen molar-refractivity contribution < 1.29 is 14.3 Å². The number of fused-ring (bicyclic) bond motifs is 1. The summed E-state index contributed by atoms with van der Waals surface area (Å²) in [6.07, 6.45) is 1.84. The van der Waals surface area contributed by atoms with Gasteiger partial charge in [-0.3, -0.25) is 9.69 Å². The number of nitrogens with zero attached hydrogens (tertiary/aromatic N) is 1. The van der Waals surface area contributed by atoms with E-state index in [9.17, 15) is 4.79 Å². The number of thiocarbonyl (C=S) groups is 1. The molecule has 0 atom stereocenters. The summed E-state index contributed by atoms with van der Waals surface area (Å²) in [4.78, 5) is 15.1. The highest BCUT2D eigenvalue weighted by Gasteiger charge is 2.34. The predicted octanol–water partition coefficient (Wildman–Crippen LogP) is 4.44. The highest BCUT2D eigenvalue weighted by molar-refractivity contribution is 8.27. The summed E-state index contributed by atoms with van der Waals surface area (Å²) >= 11 is 6.77. The van der Waals surface area contributed by atoms with Gasteiger partial charge in [0.2, 0.25) is 6.79 Å². The molecule has 0 saturated carbocycles. The average molecular weight is 369 g/mol. The molecule has 0 spiro atoms. The van der Waals surface area contributed by atoms with E-state index < -0.39 is 0 Å². The SMILES string of the molecule is Cc1cccc(N2C(=O)C(=Cc3ccc4c(c3)OCO4)SC2=S)c1C. The summed E-state index contributed by atoms with van der Waals surface area (Å²) < 4.78 is 11.3. The molecule has 0 bridgehead atoms. The van der Waals surface area contributed by atoms with Crippen molar-refractivity contribution in [2.75, 3.05) is 11.7 Å². The smallest absolute Gasteiger partial charge is 0.270 e. The molecule has 2 aromatic rings. The lowest BCUT2D eigenvalue weighted by atomic mass is 10.1. The minimum absolute atomic E-state index is 0.0960. The van der Waals surface area contributed by atoms with E-state index in [1.165, 1.54) is 11.8 Å². The minimum Gasteiger partial charge on any atom is -0.454 e. The molecule has 2 aliphatic heterocycles. The molecule has 4 nitrogen and oxygen atoms in total. The lowest BCUT2D eigenvalue weighted by Gasteiger charge is -2.18. The zero-order valence-corrected chi connectivity index (χ0v) is 15.4. The fourth-order valence-corrected chi connectivity index (χ4v) is 4.09. The Morgan fingerprint density at radius 2 is 1.96 bits per heavy atom. The van der Waals surface area contributed by atoms with Gasteiger partial charge in [0.05, 0.1) is 10.6 Å². The quantitative estimate of drug-likeness (QED) is 0.578. The van der Waals surface area contributed by atoms with Crippen molar-refractivity contribution >= 4 is 46.0 Å². The van der Waals surface area contributed by atoms with Crippen molar-refractivity contribution in [3.05, 3.63) is 58.0 Å². The number of anilines is 1. The lowest BCUT2D eigenvalue weighted by Crippen LogP contribution is -2.28. The topological polar surface area (TPSA) is 38.8 Å². The number of hydrogen-bond acceptors (Lipinski definition) is 5. The summed E-state index contributed by atoms with van der Waals surface area (Å²) in [5.74, 6) is 1.32. The van der Waals surface area contributed by atoms with Gasteiger partial charge >= 0.3 is 0 Å². The van der Waals surface area contributed by atoms with Crippen LogP contribution in [0.4, 0.5) is 5.69 Å². The maximum absolute atomic E-state index is 12.9. The van der Waals surface area contributed by atoms with Crippen molar-refractivity contribution in [2.45, 2.75) is 13.8 Å². The molecular formula is C19H15NO3S2. The summed E-state index contributed by atoms with van der Waals surface area (Å²) in [5, 5.41) is 0. The Labute approximate surface area is 155 Å². The van der Waals surface area contributed by atoms with Crippen LogP contribution < -0.4 is 14.4 Å². The summed E-state index contributed by atoms with van der Waals surface area (Å²) in [6, 6.07) is 11.5. The third kappa shape index (κ3) is 2.81. The van der Waals surface area contributed by atoms with Crippen LogP contribution in [-0.4, -0.2) is 17.0 Å². The number of ether oxygens (including phenoxy) is 2. The van der Waals surface area contributed by atoms with Gasteiger partial charge in [-0.1, -0.05) is 42.2 Å². The van der Waals surface area contributed by atoms with Gasteiger partial charge in [-0.15, -0.1) is 0 Å². The number of thioether (sulfide) groups is 1. The zero-order chi connectivity index (χ0) is 17.6. The van der Waals surface area contributed by atoms with Gasteiger partial charge in [-0.2, -0.15) is 0 Å². The maximum atomic E-state index is 12.9. The molecule has 0 aliphatic carbocycles. The first-order chi connectivity index (χ1) is 12.0. The van der Waals surface area contributed by atoms with Crippen LogP contribution in [0.5, 0.6) is 11.5 Å². The van der Waals surface area contributed by atoms with Gasteiger partial charge in [0.15, 0.2) is 15.8 Å². The number of benzene rings is 2. The van der Waals surface area contributed by atoms with E-state index in [0.29, 0.717) is 15.0 Å². The molecule has 1 saturated heterocycles. The van der Waals surface area contributed by atoms with Crippen LogP contribution in [0.1, 0.15) is 16.7 Å². The number of carbonyl (C=O) groups excluding carboxylic acids is 1. The number of amides is 1. The summed E-state index contributed by atoms with van der Waals surface area (Å²) in [6.45, 7) is 4.26. The molecule has 2 heterocycles. The van der Waals surface area contributed by atoms with Crippen molar-refractivity contribution in [3.8, 4) is 11.5 Å². The maximum Gasteiger partial charge on any atom is 0.270 e. The fourth-order valence-electron chi connectivity index (χ4n) is 2.81. The van der Waals surface area contributed by atoms with Crippen LogP contribution in [0, 0.1) is 13.8 Å². The van der Waals surface area contributed by atoms with Gasteiger partial charge in [0.25, 0.3) is 5.91 Å². The van der Waals surface area contributed by atoms with Crippen LogP contribution in [0.15, 0.2) is 41.3 Å². The van der Waals surface area contributed by atoms with E-state index in [1.807, 2.05) is 56.3 Å². The first kappa shape index (κ1) is 16.2. The van der Waals surface area contributed by atoms with Gasteiger partial charge in [0, 0.05) is 0 Å². The normalized spacial score (nSPS) is 17.7. The molecule has 25 heavy (non-hydrogen) atoms. The molecule has 2 aliphatic rings. The van der Waals surface area contributed by atoms with Crippen LogP contribution in [-0.2, 0) is 4.79 Å². The molecule has 2 aromatic carbocycles. The van der Waals surface area contributed by atoms with E-state index in [4.69, 9.17) is 21.7 Å². The highest BCUT2D eigenvalue weighted by Crippen LogP contribution is 2.39. The van der Waals surface area contributed by atoms with Gasteiger partial charge < -0.3 is 9.47 Å². The van der Waals surface area contributed by atoms with Crippen LogP contribution in [0.2, 0.25) is 0 Å². The van der Waals surface area contributed by atoms with Crippen molar-refractivity contribution in [1.29, 1.82) is 0 Å². The number of hydrogen-bond donors (Lipinski definition) is 0. The highest BCUT2D eigenvalue weighted by atomic mass is 32.2. The number of carbonyl (C=O) groups is 1. The van der Waals surface area contributed by atoms with Crippen molar-refractivity contribution in [3.63, 3.8) is 0 Å².